The number of aliphatic hydroxyl groups excluding tert-OH is 1. The van der Waals surface area contributed by atoms with Gasteiger partial charge in [-0.15, -0.1) is 0 Å². The Morgan fingerprint density at radius 2 is 2.06 bits per heavy atom. The van der Waals surface area contributed by atoms with Crippen LogP contribution in [0.4, 0.5) is 0 Å². The standard InChI is InChI=1S/C11H12O6/c1-17-11(16)9(13)4-6-2-3-7(10(14)15)5-8(6)12/h2-3,5,9,12-13H,4H2,1H3,(H,14,15). The van der Waals surface area contributed by atoms with Gasteiger partial charge >= 0.3 is 11.9 Å². The van der Waals surface area contributed by atoms with E-state index < -0.39 is 18.0 Å². The van der Waals surface area contributed by atoms with Crippen LogP contribution in [0.2, 0.25) is 0 Å². The van der Waals surface area contributed by atoms with E-state index in [2.05, 4.69) is 4.74 Å². The van der Waals surface area contributed by atoms with Crippen molar-refractivity contribution in [2.45, 2.75) is 12.5 Å². The third-order valence-corrected chi connectivity index (χ3v) is 2.22. The zero-order valence-electron chi connectivity index (χ0n) is 9.08. The Morgan fingerprint density at radius 3 is 2.53 bits per heavy atom. The van der Waals surface area contributed by atoms with Crippen LogP contribution in [-0.4, -0.2) is 40.5 Å². The predicted molar refractivity (Wildman–Crippen MR) is 56.8 cm³/mol. The van der Waals surface area contributed by atoms with Crippen LogP contribution >= 0.6 is 0 Å². The zero-order valence-corrected chi connectivity index (χ0v) is 9.08. The third-order valence-electron chi connectivity index (χ3n) is 2.22. The summed E-state index contributed by atoms with van der Waals surface area (Å²) in [4.78, 5) is 21.6. The molecule has 92 valence electrons. The summed E-state index contributed by atoms with van der Waals surface area (Å²) in [6.07, 6.45) is -1.53. The first-order valence-electron chi connectivity index (χ1n) is 4.76. The molecule has 1 rings (SSSR count). The largest absolute Gasteiger partial charge is 0.508 e. The van der Waals surface area contributed by atoms with E-state index in [9.17, 15) is 19.8 Å². The first kappa shape index (κ1) is 13.0. The van der Waals surface area contributed by atoms with Crippen LogP contribution in [0.25, 0.3) is 0 Å². The fraction of sp³-hybridized carbons (Fsp3) is 0.273. The average Bonchev–Trinajstić information content (AvgIpc) is 2.30. The summed E-state index contributed by atoms with van der Waals surface area (Å²) in [5, 5.41) is 27.6. The first-order valence-corrected chi connectivity index (χ1v) is 4.76. The lowest BCUT2D eigenvalue weighted by Gasteiger charge is -2.09. The van der Waals surface area contributed by atoms with E-state index in [0.29, 0.717) is 0 Å². The van der Waals surface area contributed by atoms with Crippen molar-refractivity contribution < 1.29 is 29.6 Å². The number of carboxylic acids is 1. The van der Waals surface area contributed by atoms with Crippen LogP contribution in [0.3, 0.4) is 0 Å². The van der Waals surface area contributed by atoms with E-state index in [1.807, 2.05) is 0 Å². The third kappa shape index (κ3) is 3.18. The predicted octanol–water partition coefficient (Wildman–Crippen LogP) is 0.167. The van der Waals surface area contributed by atoms with Gasteiger partial charge in [-0.2, -0.15) is 0 Å². The Bertz CT molecular complexity index is 440. The van der Waals surface area contributed by atoms with Crippen molar-refractivity contribution in [2.24, 2.45) is 0 Å². The van der Waals surface area contributed by atoms with E-state index in [1.54, 1.807) is 0 Å². The van der Waals surface area contributed by atoms with Gasteiger partial charge in [-0.1, -0.05) is 6.07 Å². The fourth-order valence-electron chi connectivity index (χ4n) is 1.30. The molecule has 0 aliphatic carbocycles. The van der Waals surface area contributed by atoms with Crippen molar-refractivity contribution in [3.8, 4) is 5.75 Å². The van der Waals surface area contributed by atoms with Gasteiger partial charge in [0.05, 0.1) is 12.7 Å². The minimum absolute atomic E-state index is 0.0705. The van der Waals surface area contributed by atoms with Crippen LogP contribution in [0, 0.1) is 0 Å². The maximum Gasteiger partial charge on any atom is 0.335 e. The molecule has 1 aromatic rings. The molecule has 6 heteroatoms. The lowest BCUT2D eigenvalue weighted by molar-refractivity contribution is -0.150. The molecule has 0 aromatic heterocycles. The Morgan fingerprint density at radius 1 is 1.41 bits per heavy atom. The molecule has 1 aromatic carbocycles. The number of hydrogen-bond acceptors (Lipinski definition) is 5. The first-order chi connectivity index (χ1) is 7.95. The number of hydrogen-bond donors (Lipinski definition) is 3. The highest BCUT2D eigenvalue weighted by atomic mass is 16.5. The highest BCUT2D eigenvalue weighted by Gasteiger charge is 2.18. The maximum absolute atomic E-state index is 11.0. The summed E-state index contributed by atoms with van der Waals surface area (Å²) in [5.74, 6) is -2.26. The van der Waals surface area contributed by atoms with Crippen molar-refractivity contribution >= 4 is 11.9 Å². The number of ether oxygens (including phenoxy) is 1. The van der Waals surface area contributed by atoms with Gasteiger partial charge in [-0.05, 0) is 17.7 Å². The van der Waals surface area contributed by atoms with Gasteiger partial charge in [0.15, 0.2) is 6.10 Å². The average molecular weight is 240 g/mol. The molecule has 0 aliphatic rings. The van der Waals surface area contributed by atoms with Gasteiger partial charge in [0.25, 0.3) is 0 Å². The van der Waals surface area contributed by atoms with Gasteiger partial charge in [-0.25, -0.2) is 9.59 Å². The van der Waals surface area contributed by atoms with Gasteiger partial charge in [0, 0.05) is 6.42 Å². The highest BCUT2D eigenvalue weighted by Crippen LogP contribution is 2.20. The summed E-state index contributed by atoms with van der Waals surface area (Å²) < 4.78 is 4.32. The quantitative estimate of drug-likeness (QED) is 0.648. The lowest BCUT2D eigenvalue weighted by atomic mass is 10.0. The van der Waals surface area contributed by atoms with Crippen LogP contribution in [0.5, 0.6) is 5.75 Å². The van der Waals surface area contributed by atoms with E-state index >= 15 is 0 Å². The number of carbonyl (C=O) groups excluding carboxylic acids is 1. The Labute approximate surface area is 97.1 Å². The van der Waals surface area contributed by atoms with Gasteiger partial charge < -0.3 is 20.1 Å². The zero-order chi connectivity index (χ0) is 13.0. The number of carboxylic acid groups (broad SMARTS) is 1. The molecule has 0 radical (unpaired) electrons. The molecule has 3 N–H and O–H groups in total. The number of phenolic OH excluding ortho intramolecular Hbond substituents is 1. The normalized spacial score (nSPS) is 11.9. The molecule has 0 saturated heterocycles. The number of methoxy groups -OCH3 is 1. The fourth-order valence-corrected chi connectivity index (χ4v) is 1.30. The second-order valence-electron chi connectivity index (χ2n) is 3.39. The lowest BCUT2D eigenvalue weighted by Crippen LogP contribution is -2.24. The second-order valence-corrected chi connectivity index (χ2v) is 3.39. The van der Waals surface area contributed by atoms with Gasteiger partial charge in [-0.3, -0.25) is 0 Å². The monoisotopic (exact) mass is 240 g/mol. The number of benzene rings is 1. The maximum atomic E-state index is 11.0. The molecule has 1 unspecified atom stereocenters. The molecule has 6 nitrogen and oxygen atoms in total. The number of aromatic carboxylic acids is 1. The molecule has 0 aliphatic heterocycles. The molecule has 0 saturated carbocycles. The summed E-state index contributed by atoms with van der Waals surface area (Å²) in [5.41, 5.74) is 0.201. The Hall–Kier alpha value is -2.08. The molecular weight excluding hydrogens is 228 g/mol. The minimum atomic E-state index is -1.39. The van der Waals surface area contributed by atoms with Crippen molar-refractivity contribution in [3.63, 3.8) is 0 Å². The van der Waals surface area contributed by atoms with Crippen molar-refractivity contribution in [1.29, 1.82) is 0 Å². The van der Waals surface area contributed by atoms with E-state index in [1.165, 1.54) is 12.1 Å². The number of aromatic hydroxyl groups is 1. The molecule has 0 amide bonds. The molecule has 1 atom stereocenters. The number of rotatable bonds is 4. The van der Waals surface area contributed by atoms with Crippen molar-refractivity contribution in [3.05, 3.63) is 29.3 Å². The molecular formula is C11H12O6. The molecule has 0 bridgehead atoms. The van der Waals surface area contributed by atoms with Crippen molar-refractivity contribution in [2.75, 3.05) is 7.11 Å². The number of aliphatic hydroxyl groups is 1. The van der Waals surface area contributed by atoms with E-state index in [0.717, 1.165) is 13.2 Å². The number of esters is 1. The summed E-state index contributed by atoms with van der Waals surface area (Å²) in [6.45, 7) is 0. The number of phenols is 1. The smallest absolute Gasteiger partial charge is 0.335 e. The van der Waals surface area contributed by atoms with Gasteiger partial charge in [0.1, 0.15) is 5.75 Å². The van der Waals surface area contributed by atoms with Crippen LogP contribution < -0.4 is 0 Å². The Balaban J connectivity index is 2.86. The highest BCUT2D eigenvalue weighted by molar-refractivity contribution is 5.88. The van der Waals surface area contributed by atoms with Crippen LogP contribution in [-0.2, 0) is 16.0 Å². The van der Waals surface area contributed by atoms with E-state index in [4.69, 9.17) is 5.11 Å². The Kier molecular flexibility index (Phi) is 4.06. The summed E-state index contributed by atoms with van der Waals surface area (Å²) in [6, 6.07) is 3.67. The summed E-state index contributed by atoms with van der Waals surface area (Å²) in [7, 11) is 1.14. The minimum Gasteiger partial charge on any atom is -0.508 e. The molecule has 0 heterocycles. The van der Waals surface area contributed by atoms with Crippen molar-refractivity contribution in [1.82, 2.24) is 0 Å². The number of carbonyl (C=O) groups is 2. The van der Waals surface area contributed by atoms with E-state index in [-0.39, 0.29) is 23.3 Å². The van der Waals surface area contributed by atoms with Crippen LogP contribution in [0.1, 0.15) is 15.9 Å². The van der Waals surface area contributed by atoms with Gasteiger partial charge in [0.2, 0.25) is 0 Å². The molecule has 0 fully saturated rings. The molecule has 17 heavy (non-hydrogen) atoms. The topological polar surface area (TPSA) is 104 Å². The molecule has 0 spiro atoms. The SMILES string of the molecule is COC(=O)C(O)Cc1ccc(C(=O)O)cc1O. The van der Waals surface area contributed by atoms with Crippen LogP contribution in [0.15, 0.2) is 18.2 Å². The second kappa shape index (κ2) is 5.31. The summed E-state index contributed by atoms with van der Waals surface area (Å²) >= 11 is 0.